The predicted molar refractivity (Wildman–Crippen MR) is 53.9 cm³/mol. The molecule has 0 saturated carbocycles. The van der Waals surface area contributed by atoms with Crippen molar-refractivity contribution in [3.8, 4) is 0 Å². The van der Waals surface area contributed by atoms with Crippen molar-refractivity contribution in [2.24, 2.45) is 0 Å². The normalized spacial score (nSPS) is 21.1. The first-order valence-electron chi connectivity index (χ1n) is 2.95. The van der Waals surface area contributed by atoms with Crippen LogP contribution in [0.2, 0.25) is 0 Å². The average molecular weight is 178 g/mol. The van der Waals surface area contributed by atoms with Crippen LogP contribution in [0, 0.1) is 0 Å². The van der Waals surface area contributed by atoms with Gasteiger partial charge in [-0.15, -0.1) is 34.7 Å². The molecule has 0 atom stereocenters. The van der Waals surface area contributed by atoms with E-state index in [9.17, 15) is 0 Å². The van der Waals surface area contributed by atoms with E-state index in [1.54, 1.807) is 0 Å². The van der Waals surface area contributed by atoms with Gasteiger partial charge in [0.2, 0.25) is 0 Å². The van der Waals surface area contributed by atoms with Crippen LogP contribution in [0.4, 0.5) is 0 Å². The van der Waals surface area contributed by atoms with Crippen molar-refractivity contribution in [2.75, 3.05) is 0 Å². The van der Waals surface area contributed by atoms with E-state index < -0.39 is 0 Å². The summed E-state index contributed by atoms with van der Waals surface area (Å²) in [6, 6.07) is 0. The van der Waals surface area contributed by atoms with E-state index in [0.29, 0.717) is 0 Å². The second-order valence-electron chi connectivity index (χ2n) is 2.05. The summed E-state index contributed by atoms with van der Waals surface area (Å²) in [5.41, 5.74) is 1.40. The molecule has 0 aliphatic heterocycles. The molecule has 0 aromatic carbocycles. The zero-order valence-corrected chi connectivity index (χ0v) is 7.72. The van der Waals surface area contributed by atoms with Crippen LogP contribution < -0.4 is 0 Å². The van der Waals surface area contributed by atoms with Crippen LogP contribution >= 0.6 is 34.7 Å². The Labute approximate surface area is 69.9 Å². The molecule has 0 nitrogen and oxygen atoms in total. The van der Waals surface area contributed by atoms with E-state index in [4.69, 9.17) is 0 Å². The van der Waals surface area contributed by atoms with Crippen molar-refractivity contribution in [1.29, 1.82) is 0 Å². The summed E-state index contributed by atoms with van der Waals surface area (Å²) in [6.45, 7) is 0. The van der Waals surface area contributed by atoms with E-state index in [0.717, 1.165) is 14.6 Å². The SMILES string of the molecule is S[SH]=C(S)C1=CCCC1. The molecule has 0 radical (unpaired) electrons. The number of thiol groups is 3. The van der Waals surface area contributed by atoms with Gasteiger partial charge in [-0.1, -0.05) is 6.08 Å². The van der Waals surface area contributed by atoms with Gasteiger partial charge >= 0.3 is 0 Å². The summed E-state index contributed by atoms with van der Waals surface area (Å²) in [5.74, 6) is 0. The largest absolute Gasteiger partial charge is 0.137 e. The fourth-order valence-corrected chi connectivity index (χ4v) is 1.86. The fourth-order valence-electron chi connectivity index (χ4n) is 0.938. The molecule has 0 N–H and O–H groups in total. The molecular formula is C6H10S3. The van der Waals surface area contributed by atoms with Crippen LogP contribution in [0.1, 0.15) is 19.3 Å². The number of hydrogen-bond donors (Lipinski definition) is 3. The molecule has 1 rings (SSSR count). The van der Waals surface area contributed by atoms with Crippen LogP contribution in [0.15, 0.2) is 11.6 Å². The Balaban J connectivity index is 2.61. The molecule has 0 aromatic rings. The third kappa shape index (κ3) is 2.06. The summed E-state index contributed by atoms with van der Waals surface area (Å²) in [5, 5.41) is 0. The van der Waals surface area contributed by atoms with Gasteiger partial charge in [0.15, 0.2) is 0 Å². The van der Waals surface area contributed by atoms with Gasteiger partial charge in [-0.3, -0.25) is 0 Å². The molecule has 0 amide bonds. The summed E-state index contributed by atoms with van der Waals surface area (Å²) < 4.78 is 1.12. The number of allylic oxidation sites excluding steroid dienone is 1. The highest BCUT2D eigenvalue weighted by molar-refractivity contribution is 8.69. The van der Waals surface area contributed by atoms with Gasteiger partial charge in [0.25, 0.3) is 0 Å². The van der Waals surface area contributed by atoms with Crippen LogP contribution in [0.5, 0.6) is 0 Å². The van der Waals surface area contributed by atoms with E-state index >= 15 is 0 Å². The van der Waals surface area contributed by atoms with Gasteiger partial charge in [-0.25, -0.2) is 0 Å². The molecular weight excluding hydrogens is 168 g/mol. The summed E-state index contributed by atoms with van der Waals surface area (Å²) in [6.07, 6.45) is 5.98. The molecule has 1 aliphatic rings. The Morgan fingerprint density at radius 2 is 2.44 bits per heavy atom. The molecule has 3 heteroatoms. The lowest BCUT2D eigenvalue weighted by atomic mass is 10.3. The van der Waals surface area contributed by atoms with Gasteiger partial charge in [-0.05, 0) is 24.8 Å². The Morgan fingerprint density at radius 1 is 1.67 bits per heavy atom. The average Bonchev–Trinajstić information content (AvgIpc) is 2.37. The maximum Gasteiger partial charge on any atom is 0.0372 e. The standard InChI is InChI=1S/C6H10S3/c7-6(9-8)5-3-1-2-4-5/h3,7-9H,1-2,4H2. The van der Waals surface area contributed by atoms with Crippen molar-refractivity contribution in [1.82, 2.24) is 0 Å². The van der Waals surface area contributed by atoms with Gasteiger partial charge in [0.05, 0.1) is 0 Å². The second-order valence-corrected chi connectivity index (χ2v) is 4.09. The first-order valence-corrected chi connectivity index (χ1v) is 5.44. The second kappa shape index (κ2) is 3.74. The minimum atomic E-state index is 1.00. The summed E-state index contributed by atoms with van der Waals surface area (Å²) in [4.78, 5) is 0. The Hall–Kier alpha value is 0.660. The first-order chi connectivity index (χ1) is 4.34. The fraction of sp³-hybridized carbons (Fsp3) is 0.500. The zero-order valence-electron chi connectivity index (χ0n) is 5.04. The quantitative estimate of drug-likeness (QED) is 0.307. The maximum atomic E-state index is 4.28. The van der Waals surface area contributed by atoms with Gasteiger partial charge in [0, 0.05) is 4.20 Å². The van der Waals surface area contributed by atoms with E-state index in [-0.39, 0.29) is 0 Å². The minimum absolute atomic E-state index is 1.00. The van der Waals surface area contributed by atoms with Gasteiger partial charge < -0.3 is 0 Å². The lowest BCUT2D eigenvalue weighted by molar-refractivity contribution is 0.922. The lowest BCUT2D eigenvalue weighted by Gasteiger charge is -1.96. The molecule has 9 heavy (non-hydrogen) atoms. The van der Waals surface area contributed by atoms with Crippen molar-refractivity contribution in [3.05, 3.63) is 11.6 Å². The Morgan fingerprint density at radius 3 is 2.89 bits per heavy atom. The van der Waals surface area contributed by atoms with Gasteiger partial charge in [-0.2, -0.15) is 0 Å². The Kier molecular flexibility index (Phi) is 3.22. The molecule has 0 unspecified atom stereocenters. The van der Waals surface area contributed by atoms with Crippen LogP contribution in [-0.2, 0) is 0 Å². The summed E-state index contributed by atoms with van der Waals surface area (Å²) >= 11 is 8.39. The third-order valence-corrected chi connectivity index (χ3v) is 3.56. The number of hydrogen-bond acceptors (Lipinski definition) is 1. The number of rotatable bonds is 1. The molecule has 0 fully saturated rings. The molecule has 0 bridgehead atoms. The monoisotopic (exact) mass is 178 g/mol. The predicted octanol–water partition coefficient (Wildman–Crippen LogP) is 2.47. The highest BCUT2D eigenvalue weighted by atomic mass is 33.1. The Bertz CT molecular complexity index is 158. The molecule has 52 valence electrons. The highest BCUT2D eigenvalue weighted by Gasteiger charge is 2.05. The topological polar surface area (TPSA) is 0 Å². The minimum Gasteiger partial charge on any atom is -0.137 e. The van der Waals surface area contributed by atoms with Gasteiger partial charge in [0.1, 0.15) is 0 Å². The smallest absolute Gasteiger partial charge is 0.0372 e. The molecule has 0 saturated heterocycles. The van der Waals surface area contributed by atoms with Crippen molar-refractivity contribution in [3.63, 3.8) is 0 Å². The maximum absolute atomic E-state index is 4.28. The van der Waals surface area contributed by atoms with E-state index in [2.05, 4.69) is 30.4 Å². The third-order valence-electron chi connectivity index (χ3n) is 1.42. The lowest BCUT2D eigenvalue weighted by Crippen LogP contribution is -1.84. The summed E-state index contributed by atoms with van der Waals surface area (Å²) in [7, 11) is 1.00. The highest BCUT2D eigenvalue weighted by Crippen LogP contribution is 2.22. The molecule has 0 aromatic heterocycles. The van der Waals surface area contributed by atoms with Crippen LogP contribution in [0.25, 0.3) is 0 Å². The van der Waals surface area contributed by atoms with Crippen molar-refractivity contribution in [2.45, 2.75) is 19.3 Å². The molecule has 1 aliphatic carbocycles. The van der Waals surface area contributed by atoms with Crippen molar-refractivity contribution < 1.29 is 0 Å². The van der Waals surface area contributed by atoms with E-state index in [1.807, 2.05) is 0 Å². The molecule has 0 spiro atoms. The van der Waals surface area contributed by atoms with E-state index in [1.165, 1.54) is 24.8 Å². The van der Waals surface area contributed by atoms with Crippen LogP contribution in [-0.4, -0.2) is 4.20 Å². The molecule has 0 heterocycles. The van der Waals surface area contributed by atoms with Crippen molar-refractivity contribution >= 4 is 38.9 Å². The first kappa shape index (κ1) is 7.76. The van der Waals surface area contributed by atoms with Crippen LogP contribution in [0.3, 0.4) is 0 Å². The zero-order chi connectivity index (χ0) is 6.69.